The fourth-order valence-electron chi connectivity index (χ4n) is 6.04. The lowest BCUT2D eigenvalue weighted by Crippen LogP contribution is -2.78. The molecule has 0 radical (unpaired) electrons. The number of alkyl halides is 3. The summed E-state index contributed by atoms with van der Waals surface area (Å²) >= 11 is 0. The zero-order valence-electron chi connectivity index (χ0n) is 22.0. The summed E-state index contributed by atoms with van der Waals surface area (Å²) in [7, 11) is -1.35. The second kappa shape index (κ2) is 8.27. The number of rotatable bonds is 7. The number of methoxy groups -OCH3 is 1. The molecule has 1 aromatic carbocycles. The van der Waals surface area contributed by atoms with Gasteiger partial charge in [0.05, 0.1) is 17.6 Å². The predicted octanol–water partition coefficient (Wildman–Crippen LogP) is 4.95. The third-order valence-electron chi connectivity index (χ3n) is 9.54. The van der Waals surface area contributed by atoms with Crippen LogP contribution in [0.15, 0.2) is 30.3 Å². The maximum absolute atomic E-state index is 14.4. The molecule has 0 aromatic heterocycles. The zero-order chi connectivity index (χ0) is 27.0. The number of hydrogen-bond acceptors (Lipinski definition) is 6. The molecule has 1 aromatic rings. The van der Waals surface area contributed by atoms with Gasteiger partial charge in [-0.3, -0.25) is 0 Å². The Kier molecular flexibility index (Phi) is 6.33. The Labute approximate surface area is 211 Å². The van der Waals surface area contributed by atoms with Gasteiger partial charge >= 0.3 is 12.1 Å². The number of esters is 1. The number of benzene rings is 1. The summed E-state index contributed by atoms with van der Waals surface area (Å²) in [5, 5.41) is 11.6. The van der Waals surface area contributed by atoms with Crippen molar-refractivity contribution in [3.8, 4) is 0 Å². The minimum Gasteiger partial charge on any atom is -0.459 e. The van der Waals surface area contributed by atoms with Crippen LogP contribution in [0.1, 0.15) is 46.1 Å². The summed E-state index contributed by atoms with van der Waals surface area (Å²) in [6.45, 7) is 12.7. The molecule has 1 aliphatic heterocycles. The largest absolute Gasteiger partial charge is 0.459 e. The molecule has 0 amide bonds. The molecule has 36 heavy (non-hydrogen) atoms. The fourth-order valence-corrected chi connectivity index (χ4v) is 7.09. The van der Waals surface area contributed by atoms with Crippen LogP contribution in [-0.4, -0.2) is 63.2 Å². The van der Waals surface area contributed by atoms with E-state index in [2.05, 4.69) is 33.9 Å². The van der Waals surface area contributed by atoms with Gasteiger partial charge in [0.25, 0.3) is 5.60 Å². The molecule has 0 unspecified atom stereocenters. The van der Waals surface area contributed by atoms with Crippen molar-refractivity contribution in [3.63, 3.8) is 0 Å². The van der Waals surface area contributed by atoms with Crippen molar-refractivity contribution in [3.05, 3.63) is 35.9 Å². The first-order valence-electron chi connectivity index (χ1n) is 12.3. The molecular formula is C26H37F3O6Si. The Morgan fingerprint density at radius 1 is 1.17 bits per heavy atom. The van der Waals surface area contributed by atoms with Crippen LogP contribution < -0.4 is 0 Å². The van der Waals surface area contributed by atoms with Crippen molar-refractivity contribution in [2.75, 3.05) is 20.3 Å². The SMILES string of the molecule is CO[C@](C(=O)O[C@@H]1C[C@]2(C)OC[C@@]3(CO[Si](C)(C)C(C)(C)C)[C@H]1C[C@@]32O)(c1ccccc1)C(F)(F)F. The van der Waals surface area contributed by atoms with Crippen molar-refractivity contribution >= 4 is 14.3 Å². The predicted molar refractivity (Wildman–Crippen MR) is 129 cm³/mol. The molecule has 10 heteroatoms. The number of ether oxygens (including phenoxy) is 3. The lowest BCUT2D eigenvalue weighted by molar-refractivity contribution is -0.309. The number of aliphatic hydroxyl groups is 1. The third-order valence-corrected chi connectivity index (χ3v) is 14.0. The second-order valence-corrected chi connectivity index (χ2v) is 17.1. The Bertz CT molecular complexity index is 1010. The maximum Gasteiger partial charge on any atom is 0.432 e. The first-order valence-corrected chi connectivity index (χ1v) is 15.2. The molecule has 6 atom stereocenters. The molecular weight excluding hydrogens is 493 g/mol. The van der Waals surface area contributed by atoms with Gasteiger partial charge in [0, 0.05) is 31.6 Å². The van der Waals surface area contributed by atoms with Crippen molar-refractivity contribution in [1.29, 1.82) is 0 Å². The van der Waals surface area contributed by atoms with Gasteiger partial charge in [-0.2, -0.15) is 13.2 Å². The Morgan fingerprint density at radius 2 is 1.78 bits per heavy atom. The summed E-state index contributed by atoms with van der Waals surface area (Å²) in [6.07, 6.45) is -5.59. The van der Waals surface area contributed by atoms with Crippen LogP contribution in [-0.2, 0) is 29.0 Å². The molecule has 5 rings (SSSR count). The van der Waals surface area contributed by atoms with Gasteiger partial charge in [-0.1, -0.05) is 51.1 Å². The van der Waals surface area contributed by atoms with E-state index in [0.29, 0.717) is 0 Å². The number of fused-ring (bicyclic) bond motifs is 1. The maximum atomic E-state index is 14.4. The van der Waals surface area contributed by atoms with Gasteiger partial charge in [-0.15, -0.1) is 0 Å². The molecule has 3 aliphatic carbocycles. The number of carbonyl (C=O) groups excluding carboxylic acids is 1. The molecule has 202 valence electrons. The molecule has 0 spiro atoms. The summed E-state index contributed by atoms with van der Waals surface area (Å²) in [5.74, 6) is -1.92. The second-order valence-electron chi connectivity index (χ2n) is 12.3. The van der Waals surface area contributed by atoms with Crippen LogP contribution >= 0.6 is 0 Å². The molecule has 4 bridgehead atoms. The lowest BCUT2D eigenvalue weighted by Gasteiger charge is -2.67. The van der Waals surface area contributed by atoms with E-state index in [4.69, 9.17) is 18.6 Å². The van der Waals surface area contributed by atoms with Crippen LogP contribution in [0.5, 0.6) is 0 Å². The highest BCUT2D eigenvalue weighted by atomic mass is 28.4. The van der Waals surface area contributed by atoms with E-state index in [-0.39, 0.29) is 36.7 Å². The first-order chi connectivity index (χ1) is 16.4. The van der Waals surface area contributed by atoms with Gasteiger partial charge < -0.3 is 23.7 Å². The average molecular weight is 531 g/mol. The molecule has 4 aliphatic rings. The van der Waals surface area contributed by atoms with E-state index >= 15 is 0 Å². The highest BCUT2D eigenvalue weighted by Crippen LogP contribution is 2.71. The lowest BCUT2D eigenvalue weighted by atomic mass is 9.41. The highest BCUT2D eigenvalue weighted by Gasteiger charge is 2.82. The third kappa shape index (κ3) is 3.55. The number of hydrogen-bond donors (Lipinski definition) is 1. The smallest absolute Gasteiger partial charge is 0.432 e. The van der Waals surface area contributed by atoms with Crippen LogP contribution in [0.2, 0.25) is 18.1 Å². The normalized spacial score (nSPS) is 35.6. The molecule has 3 saturated carbocycles. The number of carbonyl (C=O) groups is 1. The van der Waals surface area contributed by atoms with Gasteiger partial charge in [0.15, 0.2) is 8.32 Å². The van der Waals surface area contributed by atoms with Gasteiger partial charge in [0.1, 0.15) is 11.7 Å². The molecule has 1 heterocycles. The minimum atomic E-state index is -5.06. The Morgan fingerprint density at radius 3 is 2.31 bits per heavy atom. The van der Waals surface area contributed by atoms with Crippen molar-refractivity contribution in [2.24, 2.45) is 11.3 Å². The zero-order valence-corrected chi connectivity index (χ0v) is 23.0. The van der Waals surface area contributed by atoms with E-state index in [1.807, 2.05) is 0 Å². The summed E-state index contributed by atoms with van der Waals surface area (Å²) in [6, 6.07) is 6.78. The van der Waals surface area contributed by atoms with Crippen molar-refractivity contribution < 1.29 is 41.7 Å². The fraction of sp³-hybridized carbons (Fsp3) is 0.731. The summed E-state index contributed by atoms with van der Waals surface area (Å²) < 4.78 is 66.4. The molecule has 4 fully saturated rings. The van der Waals surface area contributed by atoms with Gasteiger partial charge in [-0.25, -0.2) is 4.79 Å². The van der Waals surface area contributed by atoms with Crippen LogP contribution in [0.4, 0.5) is 13.2 Å². The first kappa shape index (κ1) is 27.6. The van der Waals surface area contributed by atoms with E-state index in [1.165, 1.54) is 24.3 Å². The van der Waals surface area contributed by atoms with E-state index < -0.39 is 54.7 Å². The quantitative estimate of drug-likeness (QED) is 0.397. The Balaban J connectivity index is 1.65. The minimum absolute atomic E-state index is 0.0692. The van der Waals surface area contributed by atoms with E-state index in [9.17, 15) is 23.1 Å². The molecule has 6 nitrogen and oxygen atoms in total. The van der Waals surface area contributed by atoms with Gasteiger partial charge in [0.2, 0.25) is 0 Å². The Hall–Kier alpha value is -1.46. The summed E-state index contributed by atoms with van der Waals surface area (Å²) in [5.41, 5.74) is -6.74. The van der Waals surface area contributed by atoms with Crippen LogP contribution in [0.3, 0.4) is 0 Å². The van der Waals surface area contributed by atoms with Crippen molar-refractivity contribution in [2.45, 2.75) is 87.8 Å². The topological polar surface area (TPSA) is 74.2 Å². The molecule has 1 N–H and O–H groups in total. The number of halogens is 3. The van der Waals surface area contributed by atoms with E-state index in [1.54, 1.807) is 13.0 Å². The van der Waals surface area contributed by atoms with Gasteiger partial charge in [-0.05, 0) is 31.5 Å². The molecule has 1 saturated heterocycles. The van der Waals surface area contributed by atoms with E-state index in [0.717, 1.165) is 7.11 Å². The van der Waals surface area contributed by atoms with Crippen molar-refractivity contribution in [1.82, 2.24) is 0 Å². The standard InChI is InChI=1S/C26H37F3O6Si/c1-21(2,3)36(6,7)34-16-23-15-33-22(4)14-19(18(23)13-24(22,23)31)35-20(30)25(32-5,26(27,28)29)17-11-9-8-10-12-17/h8-12,18-19,31H,13-16H2,1-7H3/t18-,19+,22-,23+,24-,25-/m0/s1. The monoisotopic (exact) mass is 530 g/mol. The van der Waals surface area contributed by atoms with Crippen LogP contribution in [0.25, 0.3) is 0 Å². The van der Waals surface area contributed by atoms with Crippen LogP contribution in [0, 0.1) is 11.3 Å². The summed E-state index contributed by atoms with van der Waals surface area (Å²) in [4.78, 5) is 13.4. The average Bonchev–Trinajstić information content (AvgIpc) is 2.84. The highest BCUT2D eigenvalue weighted by molar-refractivity contribution is 6.74.